The van der Waals surface area contributed by atoms with E-state index in [-0.39, 0.29) is 24.7 Å². The Bertz CT molecular complexity index is 1070. The normalized spacial score (nSPS) is 12.5. The first kappa shape index (κ1) is 23.0. The Balaban J connectivity index is 1.78. The number of alkyl halides is 3. The summed E-state index contributed by atoms with van der Waals surface area (Å²) in [4.78, 5) is 22.2. The summed E-state index contributed by atoms with van der Waals surface area (Å²) in [5.74, 6) is -3.11. The van der Waals surface area contributed by atoms with E-state index < -0.39 is 41.0 Å². The molecule has 3 aromatic rings. The molecule has 0 aliphatic carbocycles. The van der Waals surface area contributed by atoms with Gasteiger partial charge in [0.15, 0.2) is 11.6 Å². The molecule has 0 aliphatic rings. The molecule has 0 saturated heterocycles. The lowest BCUT2D eigenvalue weighted by Crippen LogP contribution is -2.42. The van der Waals surface area contributed by atoms with Crippen molar-refractivity contribution in [1.82, 2.24) is 29.9 Å². The zero-order valence-corrected chi connectivity index (χ0v) is 16.8. The van der Waals surface area contributed by atoms with Crippen LogP contribution in [-0.2, 0) is 6.18 Å². The second kappa shape index (κ2) is 9.24. The third kappa shape index (κ3) is 4.81. The van der Waals surface area contributed by atoms with Crippen LogP contribution in [0.15, 0.2) is 36.9 Å². The van der Waals surface area contributed by atoms with Gasteiger partial charge in [0.1, 0.15) is 12.3 Å². The molecule has 0 spiro atoms. The molecule has 0 unspecified atom stereocenters. The van der Waals surface area contributed by atoms with E-state index in [2.05, 4.69) is 20.2 Å². The number of amides is 1. The van der Waals surface area contributed by atoms with Crippen molar-refractivity contribution in [2.45, 2.75) is 26.1 Å². The molecule has 0 radical (unpaired) electrons. The Hall–Kier alpha value is -3.64. The van der Waals surface area contributed by atoms with Gasteiger partial charge in [-0.15, -0.1) is 4.80 Å². The Morgan fingerprint density at radius 3 is 2.34 bits per heavy atom. The van der Waals surface area contributed by atoms with Crippen LogP contribution >= 0.6 is 0 Å². The van der Waals surface area contributed by atoms with Gasteiger partial charge in [0.05, 0.1) is 29.6 Å². The minimum absolute atomic E-state index is 0.163. The number of ether oxygens (including phenoxy) is 1. The van der Waals surface area contributed by atoms with Gasteiger partial charge in [-0.3, -0.25) is 4.79 Å². The SMILES string of the molecule is CCN(C(=O)c1ccc(F)c(F)c1-n1nccn1)[C@@H](C)COc1ncc(C(F)(F)F)cn1. The van der Waals surface area contributed by atoms with Crippen LogP contribution in [0.25, 0.3) is 5.69 Å². The molecule has 1 amide bonds. The van der Waals surface area contributed by atoms with Gasteiger partial charge in [0.25, 0.3) is 5.91 Å². The summed E-state index contributed by atoms with van der Waals surface area (Å²) in [6, 6.07) is 1.02. The zero-order valence-electron chi connectivity index (χ0n) is 16.8. The highest BCUT2D eigenvalue weighted by Crippen LogP contribution is 2.28. The van der Waals surface area contributed by atoms with Crippen molar-refractivity contribution >= 4 is 5.91 Å². The predicted molar refractivity (Wildman–Crippen MR) is 100.0 cm³/mol. The van der Waals surface area contributed by atoms with E-state index in [0.717, 1.165) is 16.9 Å². The molecular weight excluding hydrogens is 439 g/mol. The van der Waals surface area contributed by atoms with Gasteiger partial charge in [0, 0.05) is 18.9 Å². The van der Waals surface area contributed by atoms with E-state index in [0.29, 0.717) is 12.4 Å². The molecule has 1 aromatic carbocycles. The number of carbonyl (C=O) groups excluding carboxylic acids is 1. The molecule has 0 saturated carbocycles. The van der Waals surface area contributed by atoms with Crippen molar-refractivity contribution < 1.29 is 31.5 Å². The summed E-state index contributed by atoms with van der Waals surface area (Å²) < 4.78 is 71.4. The number of rotatable bonds is 7. The van der Waals surface area contributed by atoms with Gasteiger partial charge in [-0.2, -0.15) is 23.4 Å². The maximum absolute atomic E-state index is 14.5. The van der Waals surface area contributed by atoms with Gasteiger partial charge in [-0.1, -0.05) is 0 Å². The first-order valence-corrected chi connectivity index (χ1v) is 9.31. The molecular formula is C19H17F5N6O2. The topological polar surface area (TPSA) is 86.0 Å². The molecule has 0 bridgehead atoms. The number of hydrogen-bond donors (Lipinski definition) is 0. The summed E-state index contributed by atoms with van der Waals surface area (Å²) in [5.41, 5.74) is -1.65. The van der Waals surface area contributed by atoms with E-state index in [9.17, 15) is 26.7 Å². The number of halogens is 5. The highest BCUT2D eigenvalue weighted by atomic mass is 19.4. The van der Waals surface area contributed by atoms with Gasteiger partial charge < -0.3 is 9.64 Å². The van der Waals surface area contributed by atoms with Crippen LogP contribution in [0.1, 0.15) is 29.8 Å². The van der Waals surface area contributed by atoms with E-state index in [1.165, 1.54) is 17.3 Å². The Labute approximate surface area is 178 Å². The van der Waals surface area contributed by atoms with Crippen molar-refractivity contribution in [3.63, 3.8) is 0 Å². The second-order valence-electron chi connectivity index (χ2n) is 6.58. The molecule has 170 valence electrons. The van der Waals surface area contributed by atoms with Gasteiger partial charge in [0.2, 0.25) is 0 Å². The van der Waals surface area contributed by atoms with Crippen LogP contribution in [-0.4, -0.2) is 55.0 Å². The fourth-order valence-corrected chi connectivity index (χ4v) is 2.87. The number of benzene rings is 1. The van der Waals surface area contributed by atoms with Crippen LogP contribution in [0.4, 0.5) is 22.0 Å². The quantitative estimate of drug-likeness (QED) is 0.508. The standard InChI is InChI=1S/C19H17F5N6O2/c1-3-29(11(2)10-32-18-25-8-12(9-26-18)19(22,23)24)17(31)13-4-5-14(20)15(21)16(13)30-27-6-7-28-30/h4-9,11H,3,10H2,1-2H3/t11-/m0/s1. The minimum Gasteiger partial charge on any atom is -0.461 e. The Morgan fingerprint density at radius 2 is 1.78 bits per heavy atom. The summed E-state index contributed by atoms with van der Waals surface area (Å²) in [5, 5.41) is 7.54. The van der Waals surface area contributed by atoms with E-state index >= 15 is 0 Å². The van der Waals surface area contributed by atoms with Crippen LogP contribution < -0.4 is 4.74 Å². The smallest absolute Gasteiger partial charge is 0.419 e. The number of carbonyl (C=O) groups is 1. The number of hydrogen-bond acceptors (Lipinski definition) is 6. The van der Waals surface area contributed by atoms with Crippen LogP contribution in [0.3, 0.4) is 0 Å². The lowest BCUT2D eigenvalue weighted by Gasteiger charge is -2.28. The van der Waals surface area contributed by atoms with Crippen LogP contribution in [0.2, 0.25) is 0 Å². The summed E-state index contributed by atoms with van der Waals surface area (Å²) in [6.07, 6.45) is -0.920. The summed E-state index contributed by atoms with van der Waals surface area (Å²) in [6.45, 7) is 3.28. The van der Waals surface area contributed by atoms with Crippen molar-refractivity contribution in [3.05, 3.63) is 59.7 Å². The lowest BCUT2D eigenvalue weighted by atomic mass is 10.1. The van der Waals surface area contributed by atoms with Crippen molar-refractivity contribution in [3.8, 4) is 11.7 Å². The summed E-state index contributed by atoms with van der Waals surface area (Å²) in [7, 11) is 0. The first-order valence-electron chi connectivity index (χ1n) is 9.31. The van der Waals surface area contributed by atoms with Crippen molar-refractivity contribution in [2.75, 3.05) is 13.2 Å². The van der Waals surface area contributed by atoms with E-state index in [1.807, 2.05) is 0 Å². The summed E-state index contributed by atoms with van der Waals surface area (Å²) >= 11 is 0. The molecule has 32 heavy (non-hydrogen) atoms. The molecule has 2 heterocycles. The average molecular weight is 456 g/mol. The fourth-order valence-electron chi connectivity index (χ4n) is 2.87. The maximum Gasteiger partial charge on any atom is 0.419 e. The minimum atomic E-state index is -4.58. The van der Waals surface area contributed by atoms with Crippen LogP contribution in [0.5, 0.6) is 6.01 Å². The fraction of sp³-hybridized carbons (Fsp3) is 0.316. The Kier molecular flexibility index (Phi) is 6.65. The largest absolute Gasteiger partial charge is 0.461 e. The molecule has 1 atom stereocenters. The lowest BCUT2D eigenvalue weighted by molar-refractivity contribution is -0.138. The van der Waals surface area contributed by atoms with Crippen molar-refractivity contribution in [1.29, 1.82) is 0 Å². The monoisotopic (exact) mass is 456 g/mol. The molecule has 0 fully saturated rings. The number of nitrogens with zero attached hydrogens (tertiary/aromatic N) is 6. The van der Waals surface area contributed by atoms with E-state index in [1.54, 1.807) is 13.8 Å². The highest BCUT2D eigenvalue weighted by Gasteiger charge is 2.32. The molecule has 8 nitrogen and oxygen atoms in total. The third-order valence-corrected chi connectivity index (χ3v) is 4.46. The van der Waals surface area contributed by atoms with Gasteiger partial charge >= 0.3 is 12.2 Å². The zero-order chi connectivity index (χ0) is 23.5. The second-order valence-corrected chi connectivity index (χ2v) is 6.58. The van der Waals surface area contributed by atoms with E-state index in [4.69, 9.17) is 4.74 Å². The molecule has 3 rings (SSSR count). The maximum atomic E-state index is 14.5. The molecule has 2 aromatic heterocycles. The van der Waals surface area contributed by atoms with Crippen LogP contribution in [0, 0.1) is 11.6 Å². The predicted octanol–water partition coefficient (Wildman–Crippen LogP) is 3.28. The third-order valence-electron chi connectivity index (χ3n) is 4.46. The molecule has 13 heteroatoms. The molecule has 0 N–H and O–H groups in total. The molecule has 0 aliphatic heterocycles. The average Bonchev–Trinajstić information content (AvgIpc) is 3.28. The van der Waals surface area contributed by atoms with Crippen molar-refractivity contribution in [2.24, 2.45) is 0 Å². The van der Waals surface area contributed by atoms with Gasteiger partial charge in [-0.05, 0) is 26.0 Å². The number of aromatic nitrogens is 5. The highest BCUT2D eigenvalue weighted by molar-refractivity contribution is 5.98. The Morgan fingerprint density at radius 1 is 1.16 bits per heavy atom. The first-order chi connectivity index (χ1) is 15.1. The van der Waals surface area contributed by atoms with Gasteiger partial charge in [-0.25, -0.2) is 18.7 Å². The number of likely N-dealkylation sites (N-methyl/N-ethyl adjacent to an activating group) is 1.